The number of aromatic hydroxyl groups is 1. The Morgan fingerprint density at radius 3 is 1.48 bits per heavy atom. The van der Waals surface area contributed by atoms with E-state index in [1.54, 1.807) is 27.7 Å². The maximum Gasteiger partial charge on any atom is 0.245 e. The first-order valence-corrected chi connectivity index (χ1v) is 30.5. The highest BCUT2D eigenvalue weighted by molar-refractivity contribution is 5.99. The van der Waals surface area contributed by atoms with Gasteiger partial charge in [-0.2, -0.15) is 0 Å². The lowest BCUT2D eigenvalue weighted by Gasteiger charge is -2.42. The number of rotatable bonds is 36. The summed E-state index contributed by atoms with van der Waals surface area (Å²) in [7, 11) is 0. The number of phenols is 1. The first-order valence-electron chi connectivity index (χ1n) is 30.5. The Labute approximate surface area is 541 Å². The van der Waals surface area contributed by atoms with Crippen LogP contribution in [0.25, 0.3) is 0 Å². The third-order valence-corrected chi connectivity index (χ3v) is 15.1. The molecular formula is C58H93N13O23. The minimum absolute atomic E-state index is 0.0241. The molecule has 2 aliphatic heterocycles. The molecule has 0 saturated carbocycles. The number of nitrogens with one attached hydrogen (secondary N) is 11. The number of primary amides is 1. The number of amides is 13. The molecule has 2 saturated heterocycles. The maximum absolute atomic E-state index is 14.4. The Morgan fingerprint density at radius 1 is 0.564 bits per heavy atom. The van der Waals surface area contributed by atoms with Gasteiger partial charge in [-0.3, -0.25) is 62.3 Å². The van der Waals surface area contributed by atoms with Gasteiger partial charge in [0.15, 0.2) is 6.29 Å². The van der Waals surface area contributed by atoms with E-state index >= 15 is 0 Å². The number of carbonyl (C=O) groups is 13. The van der Waals surface area contributed by atoms with E-state index in [-0.39, 0.29) is 43.9 Å². The average molecular weight is 1340 g/mol. The number of ether oxygens (including phenoxy) is 2. The molecular weight excluding hydrogens is 1250 g/mol. The van der Waals surface area contributed by atoms with Crippen molar-refractivity contribution in [2.24, 2.45) is 23.5 Å². The zero-order chi connectivity index (χ0) is 71.0. The van der Waals surface area contributed by atoms with Crippen molar-refractivity contribution in [3.8, 4) is 5.75 Å². The van der Waals surface area contributed by atoms with Crippen LogP contribution in [-0.2, 0) is 78.2 Å². The van der Waals surface area contributed by atoms with E-state index < -0.39 is 225 Å². The Kier molecular flexibility index (Phi) is 32.5. The van der Waals surface area contributed by atoms with Gasteiger partial charge >= 0.3 is 0 Å². The number of nitrogens with zero attached hydrogens (tertiary/aromatic N) is 1. The fourth-order valence-corrected chi connectivity index (χ4v) is 9.94. The average Bonchev–Trinajstić information content (AvgIpc) is 1.23. The molecule has 13 amide bonds. The largest absolute Gasteiger partial charge is 0.508 e. The van der Waals surface area contributed by atoms with E-state index in [9.17, 15) is 103 Å². The Balaban J connectivity index is 1.87. The molecule has 3 rings (SSSR count). The second kappa shape index (κ2) is 38.2. The molecule has 36 nitrogen and oxygen atoms in total. The minimum atomic E-state index is -2.03. The molecule has 0 bridgehead atoms. The van der Waals surface area contributed by atoms with Crippen LogP contribution in [0, 0.1) is 17.8 Å². The molecule has 0 spiro atoms. The van der Waals surface area contributed by atoms with Crippen LogP contribution in [0.3, 0.4) is 0 Å². The van der Waals surface area contributed by atoms with Gasteiger partial charge in [-0.05, 0) is 61.6 Å². The summed E-state index contributed by atoms with van der Waals surface area (Å²) in [6, 6.07) is -13.3. The summed E-state index contributed by atoms with van der Waals surface area (Å²) in [5.41, 5.74) is 5.91. The number of phenolic OH excluding ortho intramolecular Hbond substituents is 1. The van der Waals surface area contributed by atoms with Crippen LogP contribution in [-0.4, -0.2) is 266 Å². The number of benzene rings is 1. The van der Waals surface area contributed by atoms with Crippen LogP contribution in [0.5, 0.6) is 5.75 Å². The third kappa shape index (κ3) is 24.0. The van der Waals surface area contributed by atoms with E-state index in [1.165, 1.54) is 45.0 Å². The van der Waals surface area contributed by atoms with Crippen molar-refractivity contribution in [1.82, 2.24) is 63.4 Å². The molecule has 0 aliphatic carbocycles. The van der Waals surface area contributed by atoms with Crippen molar-refractivity contribution in [1.29, 1.82) is 0 Å². The predicted octanol–water partition coefficient (Wildman–Crippen LogP) is -9.41. The van der Waals surface area contributed by atoms with E-state index in [2.05, 4.69) is 58.5 Å². The normalized spacial score (nSPS) is 21.0. The molecule has 94 heavy (non-hydrogen) atoms. The maximum atomic E-state index is 14.4. The number of hydrogen-bond acceptors (Lipinski definition) is 23. The van der Waals surface area contributed by atoms with Crippen molar-refractivity contribution >= 4 is 76.8 Å². The Bertz CT molecular complexity index is 2800. The van der Waals surface area contributed by atoms with E-state index in [1.807, 2.05) is 0 Å². The SMILES string of the molecule is CC(=O)N[C@H]1[C@H](OC[C@H](NC(=O)[C@@H](NC(=O)[C@@H]2CCCN2C(=O)[C@H](C)NC(=O)[C@H](CO)NC(=O)[C@H](Cc2ccc(O)cc2)NC(C)=O)C(C)C)C(=O)N[C@@H](CO)C(=O)N[C@@H](CO)C(=O)N[C@@H](CC(C)C)C(=O)N[C@@H](CO)C(=O)N[C@H](C(N)=O)C(C)C)O[C@H](CO)[C@@H](O)[C@@H]1O. The Hall–Kier alpha value is -8.23. The molecule has 1 aromatic rings. The summed E-state index contributed by atoms with van der Waals surface area (Å²) in [6.45, 7) is 6.69. The summed E-state index contributed by atoms with van der Waals surface area (Å²) in [4.78, 5) is 175. The third-order valence-electron chi connectivity index (χ3n) is 15.1. The standard InChI is InChI=1S/C58H93N13O23/c1-25(2)17-33(48(83)65-38(22-75)53(88)69-42(26(3)4)47(59)82)63-51(86)36(20-73)66-52(87)37(21-74)67-54(89)39(24-93-58-44(62-30(9)78)46(81)45(80)41(23-76)94-58)68-56(91)43(27(5)6)70-55(90)40-11-10-16-71(40)57(92)28(7)60-50(85)35(19-72)64-49(84)34(61-29(8)77)18-31-12-14-32(79)15-13-31/h12-15,25-28,33-46,58,72-76,79-81H,10-11,16-24H2,1-9H3,(H2,59,82)(H,60,85)(H,61,77)(H,62,78)(H,63,86)(H,64,84)(H,65,83)(H,66,87)(H,67,89)(H,68,91)(H,69,88)(H,70,90)/t28-,33-,34-,35-,36-,37-,38-,39-,40-,41+,42-,43-,44+,45+,46+,58+/m0/s1. The number of aliphatic hydroxyl groups excluding tert-OH is 7. The highest BCUT2D eigenvalue weighted by Gasteiger charge is 2.47. The number of hydrogen-bond donors (Lipinski definition) is 20. The molecule has 528 valence electrons. The highest BCUT2D eigenvalue weighted by atomic mass is 16.7. The lowest BCUT2D eigenvalue weighted by atomic mass is 9.97. The minimum Gasteiger partial charge on any atom is -0.508 e. The summed E-state index contributed by atoms with van der Waals surface area (Å²) in [5.74, 6) is -14.6. The number of carbonyl (C=O) groups excluding carboxylic acids is 13. The highest BCUT2D eigenvalue weighted by Crippen LogP contribution is 2.24. The lowest BCUT2D eigenvalue weighted by Crippen LogP contribution is -2.65. The van der Waals surface area contributed by atoms with E-state index in [0.717, 1.165) is 18.7 Å². The summed E-state index contributed by atoms with van der Waals surface area (Å²) in [5, 5.41) is 108. The second-order valence-corrected chi connectivity index (χ2v) is 23.9. The van der Waals surface area contributed by atoms with Crippen LogP contribution >= 0.6 is 0 Å². The first kappa shape index (κ1) is 80.0. The van der Waals surface area contributed by atoms with Gasteiger partial charge in [0.25, 0.3) is 0 Å². The van der Waals surface area contributed by atoms with Gasteiger partial charge in [-0.15, -0.1) is 0 Å². The molecule has 0 unspecified atom stereocenters. The van der Waals surface area contributed by atoms with Gasteiger partial charge in [-0.1, -0.05) is 53.7 Å². The quantitative estimate of drug-likeness (QED) is 0.0297. The second-order valence-electron chi connectivity index (χ2n) is 23.9. The zero-order valence-electron chi connectivity index (χ0n) is 53.8. The van der Waals surface area contributed by atoms with Crippen LogP contribution in [0.1, 0.15) is 87.1 Å². The van der Waals surface area contributed by atoms with E-state index in [0.29, 0.717) is 5.56 Å². The molecule has 2 aliphatic rings. The van der Waals surface area contributed by atoms with Crippen LogP contribution in [0.2, 0.25) is 0 Å². The first-order chi connectivity index (χ1) is 44.1. The number of aliphatic hydroxyl groups is 7. The van der Waals surface area contributed by atoms with Crippen molar-refractivity contribution in [2.75, 3.05) is 46.2 Å². The van der Waals surface area contributed by atoms with Crippen LogP contribution in [0.15, 0.2) is 24.3 Å². The van der Waals surface area contributed by atoms with Gasteiger partial charge < -0.3 is 119 Å². The Morgan fingerprint density at radius 2 is 1.02 bits per heavy atom. The lowest BCUT2D eigenvalue weighted by molar-refractivity contribution is -0.271. The van der Waals surface area contributed by atoms with Gasteiger partial charge in [0.05, 0.1) is 39.6 Å². The van der Waals surface area contributed by atoms with Crippen molar-refractivity contribution in [3.63, 3.8) is 0 Å². The summed E-state index contributed by atoms with van der Waals surface area (Å²) in [6.07, 6.45) is -6.89. The van der Waals surface area contributed by atoms with Gasteiger partial charge in [0.2, 0.25) is 76.8 Å². The fourth-order valence-electron chi connectivity index (χ4n) is 9.94. The molecule has 0 aromatic heterocycles. The van der Waals surface area contributed by atoms with E-state index in [4.69, 9.17) is 15.2 Å². The molecule has 16 atom stereocenters. The van der Waals surface area contributed by atoms with Crippen molar-refractivity contribution in [2.45, 2.75) is 185 Å². The smallest absolute Gasteiger partial charge is 0.245 e. The summed E-state index contributed by atoms with van der Waals surface area (Å²) >= 11 is 0. The molecule has 36 heteroatoms. The van der Waals surface area contributed by atoms with Gasteiger partial charge in [0.1, 0.15) is 96.6 Å². The zero-order valence-corrected chi connectivity index (χ0v) is 53.8. The molecule has 1 aromatic carbocycles. The summed E-state index contributed by atoms with van der Waals surface area (Å²) < 4.78 is 11.4. The van der Waals surface area contributed by atoms with Crippen LogP contribution < -0.4 is 64.2 Å². The number of nitrogens with two attached hydrogens (primary N) is 1. The topological polar surface area (TPSA) is 564 Å². The monoisotopic (exact) mass is 1340 g/mol. The van der Waals surface area contributed by atoms with Crippen molar-refractivity contribution < 1.29 is 113 Å². The molecule has 21 N–H and O–H groups in total. The molecule has 2 fully saturated rings. The predicted molar refractivity (Wildman–Crippen MR) is 325 cm³/mol. The molecule has 0 radical (unpaired) electrons. The van der Waals surface area contributed by atoms with Gasteiger partial charge in [-0.25, -0.2) is 0 Å². The fraction of sp³-hybridized carbons (Fsp3) is 0.672. The molecule has 2 heterocycles. The van der Waals surface area contributed by atoms with Crippen LogP contribution in [0.4, 0.5) is 0 Å². The van der Waals surface area contributed by atoms with Crippen molar-refractivity contribution in [3.05, 3.63) is 29.8 Å². The van der Waals surface area contributed by atoms with Gasteiger partial charge in [0, 0.05) is 26.8 Å². The number of likely N-dealkylation sites (tertiary alicyclic amines) is 1.